The van der Waals surface area contributed by atoms with Gasteiger partial charge in [0.1, 0.15) is 0 Å². The highest BCUT2D eigenvalue weighted by molar-refractivity contribution is 5.98. The number of ketones is 1. The van der Waals surface area contributed by atoms with E-state index in [1.165, 1.54) is 13.2 Å². The molecule has 1 aromatic heterocycles. The number of aromatic nitrogens is 1. The Hall–Kier alpha value is -2.76. The van der Waals surface area contributed by atoms with Gasteiger partial charge in [-0.25, -0.2) is 4.79 Å². The van der Waals surface area contributed by atoms with Crippen molar-refractivity contribution in [1.29, 1.82) is 0 Å². The van der Waals surface area contributed by atoms with E-state index in [0.717, 1.165) is 0 Å². The molecule has 0 unspecified atom stereocenters. The number of rotatable bonds is 7. The molecule has 0 saturated heterocycles. The van der Waals surface area contributed by atoms with Gasteiger partial charge in [0.2, 0.25) is 5.78 Å². The molecule has 0 aliphatic heterocycles. The van der Waals surface area contributed by atoms with Gasteiger partial charge in [-0.3, -0.25) is 4.79 Å². The third-order valence-corrected chi connectivity index (χ3v) is 2.93. The van der Waals surface area contributed by atoms with E-state index in [2.05, 4.69) is 4.98 Å². The van der Waals surface area contributed by atoms with Gasteiger partial charge in [-0.1, -0.05) is 0 Å². The van der Waals surface area contributed by atoms with Crippen LogP contribution in [0.1, 0.15) is 27.8 Å². The Kier molecular flexibility index (Phi) is 5.19. The Morgan fingerprint density at radius 2 is 2.00 bits per heavy atom. The lowest BCUT2D eigenvalue weighted by Gasteiger charge is -2.10. The summed E-state index contributed by atoms with van der Waals surface area (Å²) in [7, 11) is 1.49. The fourth-order valence-corrected chi connectivity index (χ4v) is 1.87. The molecule has 0 aliphatic rings. The summed E-state index contributed by atoms with van der Waals surface area (Å²) in [4.78, 5) is 26.5. The second kappa shape index (κ2) is 7.31. The van der Waals surface area contributed by atoms with Crippen molar-refractivity contribution < 1.29 is 23.8 Å². The predicted octanol–water partition coefficient (Wildman–Crippen LogP) is 2.46. The molecule has 1 N–H and O–H groups in total. The average Bonchev–Trinajstić information content (AvgIpc) is 3.07. The van der Waals surface area contributed by atoms with Gasteiger partial charge in [-0.05, 0) is 37.3 Å². The zero-order chi connectivity index (χ0) is 15.9. The molecule has 2 aromatic rings. The molecule has 0 saturated carbocycles. The molecule has 0 amide bonds. The second-order valence-electron chi connectivity index (χ2n) is 4.38. The lowest BCUT2D eigenvalue weighted by molar-refractivity contribution is 0.0473. The number of methoxy groups -OCH3 is 1. The summed E-state index contributed by atoms with van der Waals surface area (Å²) in [6.45, 7) is 2.02. The number of nitrogens with one attached hydrogen (secondary N) is 1. The van der Waals surface area contributed by atoms with E-state index in [1.54, 1.807) is 30.5 Å². The van der Waals surface area contributed by atoms with Crippen molar-refractivity contribution in [3.63, 3.8) is 0 Å². The highest BCUT2D eigenvalue weighted by atomic mass is 16.5. The zero-order valence-corrected chi connectivity index (χ0v) is 12.4. The number of esters is 1. The number of hydrogen-bond acceptors (Lipinski definition) is 5. The predicted molar refractivity (Wildman–Crippen MR) is 79.6 cm³/mol. The Balaban J connectivity index is 2.01. The van der Waals surface area contributed by atoms with Crippen LogP contribution in [0.2, 0.25) is 0 Å². The van der Waals surface area contributed by atoms with E-state index < -0.39 is 5.97 Å². The molecule has 0 aliphatic carbocycles. The van der Waals surface area contributed by atoms with Crippen LogP contribution in [-0.4, -0.2) is 37.1 Å². The zero-order valence-electron chi connectivity index (χ0n) is 12.4. The molecular formula is C16H17NO5. The van der Waals surface area contributed by atoms with E-state index in [4.69, 9.17) is 14.2 Å². The minimum Gasteiger partial charge on any atom is -0.493 e. The van der Waals surface area contributed by atoms with Crippen LogP contribution in [0.3, 0.4) is 0 Å². The number of H-pyrrole nitrogens is 1. The normalized spacial score (nSPS) is 10.1. The van der Waals surface area contributed by atoms with Crippen molar-refractivity contribution >= 4 is 11.8 Å². The van der Waals surface area contributed by atoms with Crippen LogP contribution in [0.15, 0.2) is 36.5 Å². The smallest absolute Gasteiger partial charge is 0.338 e. The quantitative estimate of drug-likeness (QED) is 0.628. The molecule has 0 atom stereocenters. The van der Waals surface area contributed by atoms with Crippen molar-refractivity contribution in [3.8, 4) is 11.5 Å². The van der Waals surface area contributed by atoms with Gasteiger partial charge in [0, 0.05) is 6.20 Å². The molecule has 0 radical (unpaired) electrons. The molecule has 0 bridgehead atoms. The largest absolute Gasteiger partial charge is 0.493 e. The van der Waals surface area contributed by atoms with E-state index in [1.807, 2.05) is 6.92 Å². The van der Waals surface area contributed by atoms with Crippen LogP contribution in [0, 0.1) is 0 Å². The number of benzene rings is 1. The van der Waals surface area contributed by atoms with Gasteiger partial charge < -0.3 is 19.2 Å². The average molecular weight is 303 g/mol. The standard InChI is InChI=1S/C16H17NO5/c1-3-21-14-7-6-11(9-15(14)20-2)16(19)22-10-13(18)12-5-4-8-17-12/h4-9,17H,3,10H2,1-2H3. The maximum absolute atomic E-state index is 12.0. The van der Waals surface area contributed by atoms with E-state index in [9.17, 15) is 9.59 Å². The molecule has 22 heavy (non-hydrogen) atoms. The first-order valence-corrected chi connectivity index (χ1v) is 6.80. The van der Waals surface area contributed by atoms with Crippen LogP contribution in [-0.2, 0) is 4.74 Å². The maximum atomic E-state index is 12.0. The fourth-order valence-electron chi connectivity index (χ4n) is 1.87. The first-order chi connectivity index (χ1) is 10.7. The molecule has 6 heteroatoms. The summed E-state index contributed by atoms with van der Waals surface area (Å²) in [5.74, 6) is 0.0912. The summed E-state index contributed by atoms with van der Waals surface area (Å²) >= 11 is 0. The first-order valence-electron chi connectivity index (χ1n) is 6.80. The van der Waals surface area contributed by atoms with Gasteiger partial charge in [0.25, 0.3) is 0 Å². The van der Waals surface area contributed by atoms with Gasteiger partial charge in [0.05, 0.1) is 25.0 Å². The lowest BCUT2D eigenvalue weighted by Crippen LogP contribution is -2.14. The molecule has 1 heterocycles. The Bertz CT molecular complexity index is 649. The van der Waals surface area contributed by atoms with E-state index in [0.29, 0.717) is 29.4 Å². The number of carbonyl (C=O) groups is 2. The fraction of sp³-hybridized carbons (Fsp3) is 0.250. The first kappa shape index (κ1) is 15.6. The highest BCUT2D eigenvalue weighted by Gasteiger charge is 2.14. The number of hydrogen-bond donors (Lipinski definition) is 1. The van der Waals surface area contributed by atoms with E-state index >= 15 is 0 Å². The van der Waals surface area contributed by atoms with Crippen LogP contribution in [0.25, 0.3) is 0 Å². The monoisotopic (exact) mass is 303 g/mol. The number of Topliss-reactive ketones (excluding diaryl/α,β-unsaturated/α-hetero) is 1. The van der Waals surface area contributed by atoms with Crippen LogP contribution in [0.4, 0.5) is 0 Å². The van der Waals surface area contributed by atoms with Crippen molar-refractivity contribution in [1.82, 2.24) is 4.98 Å². The number of ether oxygens (including phenoxy) is 3. The molecule has 2 rings (SSSR count). The van der Waals surface area contributed by atoms with Gasteiger partial charge in [-0.2, -0.15) is 0 Å². The van der Waals surface area contributed by atoms with Crippen molar-refractivity contribution in [2.45, 2.75) is 6.92 Å². The highest BCUT2D eigenvalue weighted by Crippen LogP contribution is 2.28. The summed E-state index contributed by atoms with van der Waals surface area (Å²) in [5.41, 5.74) is 0.691. The summed E-state index contributed by atoms with van der Waals surface area (Å²) in [6, 6.07) is 8.04. The Morgan fingerprint density at radius 1 is 1.18 bits per heavy atom. The molecule has 0 spiro atoms. The second-order valence-corrected chi connectivity index (χ2v) is 4.38. The SMILES string of the molecule is CCOc1ccc(C(=O)OCC(=O)c2ccc[nH]2)cc1OC. The van der Waals surface area contributed by atoms with Crippen LogP contribution >= 0.6 is 0 Å². The van der Waals surface area contributed by atoms with E-state index in [-0.39, 0.29) is 12.4 Å². The molecule has 1 aromatic carbocycles. The lowest BCUT2D eigenvalue weighted by atomic mass is 10.2. The topological polar surface area (TPSA) is 77.6 Å². The van der Waals surface area contributed by atoms with Crippen molar-refractivity contribution in [2.24, 2.45) is 0 Å². The molecule has 6 nitrogen and oxygen atoms in total. The third kappa shape index (κ3) is 3.66. The van der Waals surface area contributed by atoms with Gasteiger partial charge in [-0.15, -0.1) is 0 Å². The maximum Gasteiger partial charge on any atom is 0.338 e. The van der Waals surface area contributed by atoms with Crippen molar-refractivity contribution in [3.05, 3.63) is 47.8 Å². The van der Waals surface area contributed by atoms with Gasteiger partial charge in [0.15, 0.2) is 18.1 Å². The summed E-state index contributed by atoms with van der Waals surface area (Å²) in [5, 5.41) is 0. The summed E-state index contributed by atoms with van der Waals surface area (Å²) < 4.78 is 15.6. The summed E-state index contributed by atoms with van der Waals surface area (Å²) in [6.07, 6.45) is 1.63. The number of aromatic amines is 1. The minimum atomic E-state index is -0.596. The van der Waals surface area contributed by atoms with Gasteiger partial charge >= 0.3 is 5.97 Å². The minimum absolute atomic E-state index is 0.291. The van der Waals surface area contributed by atoms with Crippen LogP contribution in [0.5, 0.6) is 11.5 Å². The van der Waals surface area contributed by atoms with Crippen LogP contribution < -0.4 is 9.47 Å². The number of carbonyl (C=O) groups excluding carboxylic acids is 2. The molecule has 0 fully saturated rings. The Morgan fingerprint density at radius 3 is 2.64 bits per heavy atom. The Labute approximate surface area is 128 Å². The van der Waals surface area contributed by atoms with Crippen molar-refractivity contribution in [2.75, 3.05) is 20.3 Å². The molecular weight excluding hydrogens is 286 g/mol. The third-order valence-electron chi connectivity index (χ3n) is 2.93. The molecule has 116 valence electrons.